The van der Waals surface area contributed by atoms with E-state index >= 15 is 0 Å². The van der Waals surface area contributed by atoms with Gasteiger partial charge in [0, 0.05) is 20.2 Å². The normalized spacial score (nSPS) is 21.6. The van der Waals surface area contributed by atoms with Gasteiger partial charge in [-0.25, -0.2) is 0 Å². The van der Waals surface area contributed by atoms with Gasteiger partial charge in [-0.05, 0) is 19.8 Å². The molecule has 0 aromatic rings. The Morgan fingerprint density at radius 2 is 2.08 bits per heavy atom. The second-order valence-electron chi connectivity index (χ2n) is 3.44. The lowest BCUT2D eigenvalue weighted by Gasteiger charge is -2.31. The Balaban J connectivity index is 2.36. The van der Waals surface area contributed by atoms with Crippen LogP contribution in [-0.4, -0.2) is 48.3 Å². The predicted octanol–water partition coefficient (Wildman–Crippen LogP) is 0.00460. The Morgan fingerprint density at radius 3 is 2.46 bits per heavy atom. The molecule has 1 fully saturated rings. The number of methoxy groups -OCH3 is 1. The van der Waals surface area contributed by atoms with Gasteiger partial charge in [-0.15, -0.1) is 0 Å². The maximum Gasteiger partial charge on any atom is 0.251 e. The van der Waals surface area contributed by atoms with E-state index in [4.69, 9.17) is 9.84 Å². The van der Waals surface area contributed by atoms with Crippen molar-refractivity contribution in [2.75, 3.05) is 20.2 Å². The monoisotopic (exact) mass is 187 g/mol. The number of carbonyl (C=O) groups is 1. The van der Waals surface area contributed by atoms with E-state index in [1.165, 1.54) is 6.92 Å². The lowest BCUT2D eigenvalue weighted by molar-refractivity contribution is -0.141. The third-order valence-corrected chi connectivity index (χ3v) is 2.44. The smallest absolute Gasteiger partial charge is 0.251 e. The van der Waals surface area contributed by atoms with E-state index in [0.717, 1.165) is 12.8 Å². The summed E-state index contributed by atoms with van der Waals surface area (Å²) in [6.45, 7) is 2.90. The highest BCUT2D eigenvalue weighted by Crippen LogP contribution is 2.13. The van der Waals surface area contributed by atoms with Crippen LogP contribution in [0, 0.1) is 0 Å². The Morgan fingerprint density at radius 1 is 1.54 bits per heavy atom. The summed E-state index contributed by atoms with van der Waals surface area (Å²) in [5, 5.41) is 9.07. The molecule has 1 saturated heterocycles. The van der Waals surface area contributed by atoms with Gasteiger partial charge in [0.05, 0.1) is 6.10 Å². The van der Waals surface area contributed by atoms with Crippen molar-refractivity contribution in [1.82, 2.24) is 4.90 Å². The lowest BCUT2D eigenvalue weighted by Crippen LogP contribution is -2.44. The quantitative estimate of drug-likeness (QED) is 0.662. The number of amides is 1. The second-order valence-corrected chi connectivity index (χ2v) is 3.44. The van der Waals surface area contributed by atoms with E-state index in [1.807, 2.05) is 0 Å². The van der Waals surface area contributed by atoms with E-state index < -0.39 is 6.10 Å². The molecule has 0 spiro atoms. The van der Waals surface area contributed by atoms with Crippen molar-refractivity contribution in [3.63, 3.8) is 0 Å². The molecule has 0 saturated carbocycles. The van der Waals surface area contributed by atoms with Crippen molar-refractivity contribution in [2.24, 2.45) is 0 Å². The Hall–Kier alpha value is -0.610. The molecule has 0 radical (unpaired) electrons. The molecular formula is C9H17NO3. The first-order valence-electron chi connectivity index (χ1n) is 4.64. The van der Waals surface area contributed by atoms with E-state index in [1.54, 1.807) is 12.0 Å². The first-order chi connectivity index (χ1) is 6.15. The molecule has 0 unspecified atom stereocenters. The molecule has 4 nitrogen and oxygen atoms in total. The highest BCUT2D eigenvalue weighted by Gasteiger charge is 2.24. The molecule has 0 aliphatic carbocycles. The summed E-state index contributed by atoms with van der Waals surface area (Å²) in [7, 11) is 1.69. The molecule has 0 aromatic heterocycles. The second kappa shape index (κ2) is 4.58. The molecule has 1 rings (SSSR count). The van der Waals surface area contributed by atoms with E-state index in [9.17, 15) is 4.79 Å². The fraction of sp³-hybridized carbons (Fsp3) is 0.889. The third-order valence-electron chi connectivity index (χ3n) is 2.44. The highest BCUT2D eigenvalue weighted by atomic mass is 16.5. The van der Waals surface area contributed by atoms with Crippen LogP contribution in [0.25, 0.3) is 0 Å². The van der Waals surface area contributed by atoms with Crippen molar-refractivity contribution < 1.29 is 14.6 Å². The van der Waals surface area contributed by atoms with Crippen LogP contribution < -0.4 is 0 Å². The minimum absolute atomic E-state index is 0.172. The molecule has 1 N–H and O–H groups in total. The number of aliphatic hydroxyl groups excluding tert-OH is 1. The summed E-state index contributed by atoms with van der Waals surface area (Å²) < 4.78 is 5.18. The summed E-state index contributed by atoms with van der Waals surface area (Å²) >= 11 is 0. The van der Waals surface area contributed by atoms with Gasteiger partial charge < -0.3 is 14.7 Å². The summed E-state index contributed by atoms with van der Waals surface area (Å²) in [6, 6.07) is 0. The SMILES string of the molecule is COC1CCN(C(=O)[C@@H](C)O)CC1. The van der Waals surface area contributed by atoms with Crippen LogP contribution in [0.15, 0.2) is 0 Å². The maximum atomic E-state index is 11.3. The van der Waals surface area contributed by atoms with Gasteiger partial charge in [-0.2, -0.15) is 0 Å². The molecule has 1 amide bonds. The van der Waals surface area contributed by atoms with E-state index in [0.29, 0.717) is 13.1 Å². The van der Waals surface area contributed by atoms with Crippen LogP contribution in [0.2, 0.25) is 0 Å². The third kappa shape index (κ3) is 2.67. The van der Waals surface area contributed by atoms with E-state index in [2.05, 4.69) is 0 Å². The topological polar surface area (TPSA) is 49.8 Å². The van der Waals surface area contributed by atoms with Gasteiger partial charge in [0.1, 0.15) is 6.10 Å². The molecular weight excluding hydrogens is 170 g/mol. The van der Waals surface area contributed by atoms with Crippen molar-refractivity contribution in [3.8, 4) is 0 Å². The fourth-order valence-electron chi connectivity index (χ4n) is 1.58. The summed E-state index contributed by atoms with van der Waals surface area (Å²) in [5.74, 6) is -0.172. The van der Waals surface area contributed by atoms with Crippen molar-refractivity contribution in [1.29, 1.82) is 0 Å². The maximum absolute atomic E-state index is 11.3. The van der Waals surface area contributed by atoms with Crippen LogP contribution in [0.4, 0.5) is 0 Å². The van der Waals surface area contributed by atoms with Crippen LogP contribution in [0.5, 0.6) is 0 Å². The van der Waals surface area contributed by atoms with Crippen molar-refractivity contribution >= 4 is 5.91 Å². The summed E-state index contributed by atoms with van der Waals surface area (Å²) in [6.07, 6.45) is 1.14. The average molecular weight is 187 g/mol. The van der Waals surface area contributed by atoms with Gasteiger partial charge in [-0.3, -0.25) is 4.79 Å². The summed E-state index contributed by atoms with van der Waals surface area (Å²) in [4.78, 5) is 13.0. The van der Waals surface area contributed by atoms with Gasteiger partial charge in [0.25, 0.3) is 5.91 Å². The van der Waals surface area contributed by atoms with Gasteiger partial charge in [0.15, 0.2) is 0 Å². The zero-order chi connectivity index (χ0) is 9.84. The molecule has 13 heavy (non-hydrogen) atoms. The minimum Gasteiger partial charge on any atom is -0.384 e. The number of ether oxygens (including phenoxy) is 1. The molecule has 0 aromatic carbocycles. The molecule has 1 heterocycles. The standard InChI is InChI=1S/C9H17NO3/c1-7(11)9(12)10-5-3-8(13-2)4-6-10/h7-8,11H,3-6H2,1-2H3/t7-/m1/s1. The number of aliphatic hydroxyl groups is 1. The predicted molar refractivity (Wildman–Crippen MR) is 48.3 cm³/mol. The largest absolute Gasteiger partial charge is 0.384 e. The Kier molecular flexibility index (Phi) is 3.69. The molecule has 4 heteroatoms. The zero-order valence-corrected chi connectivity index (χ0v) is 8.19. The summed E-state index contributed by atoms with van der Waals surface area (Å²) in [5.41, 5.74) is 0. The molecule has 1 aliphatic heterocycles. The number of hydrogen-bond donors (Lipinski definition) is 1. The first-order valence-corrected chi connectivity index (χ1v) is 4.64. The van der Waals surface area contributed by atoms with Crippen molar-refractivity contribution in [2.45, 2.75) is 32.0 Å². The molecule has 1 atom stereocenters. The van der Waals surface area contributed by atoms with Crippen LogP contribution in [-0.2, 0) is 9.53 Å². The zero-order valence-electron chi connectivity index (χ0n) is 8.19. The highest BCUT2D eigenvalue weighted by molar-refractivity contribution is 5.80. The number of piperidine rings is 1. The number of nitrogens with zero attached hydrogens (tertiary/aromatic N) is 1. The minimum atomic E-state index is -0.876. The Labute approximate surface area is 78.5 Å². The van der Waals surface area contributed by atoms with Crippen LogP contribution in [0.3, 0.4) is 0 Å². The van der Waals surface area contributed by atoms with Gasteiger partial charge in [0.2, 0.25) is 0 Å². The van der Waals surface area contributed by atoms with Crippen LogP contribution in [0.1, 0.15) is 19.8 Å². The molecule has 1 aliphatic rings. The van der Waals surface area contributed by atoms with Gasteiger partial charge in [-0.1, -0.05) is 0 Å². The number of likely N-dealkylation sites (tertiary alicyclic amines) is 1. The fourth-order valence-corrected chi connectivity index (χ4v) is 1.58. The van der Waals surface area contributed by atoms with E-state index in [-0.39, 0.29) is 12.0 Å². The van der Waals surface area contributed by atoms with Gasteiger partial charge >= 0.3 is 0 Å². The van der Waals surface area contributed by atoms with Crippen LogP contribution >= 0.6 is 0 Å². The number of carbonyl (C=O) groups excluding carboxylic acids is 1. The number of rotatable bonds is 2. The lowest BCUT2D eigenvalue weighted by atomic mass is 10.1. The van der Waals surface area contributed by atoms with Crippen molar-refractivity contribution in [3.05, 3.63) is 0 Å². The Bertz CT molecular complexity index is 174. The first kappa shape index (κ1) is 10.5. The average Bonchev–Trinajstić information content (AvgIpc) is 2.17. The number of hydrogen-bond acceptors (Lipinski definition) is 3. The molecule has 76 valence electrons. The molecule has 0 bridgehead atoms.